The smallest absolute Gasteiger partial charge is 0.243 e. The van der Waals surface area contributed by atoms with Gasteiger partial charge in [0.15, 0.2) is 0 Å². The molecule has 192 valence electrons. The fourth-order valence-corrected chi connectivity index (χ4v) is 3.50. The van der Waals surface area contributed by atoms with E-state index in [1.165, 1.54) is 40.6 Å². The van der Waals surface area contributed by atoms with Crippen molar-refractivity contribution in [1.29, 1.82) is 0 Å². The number of aliphatic imine (C=N–C) groups is 4. The third-order valence-corrected chi connectivity index (χ3v) is 5.79. The molecule has 4 atom stereocenters. The molecule has 0 saturated carbocycles. The number of hydrogen-bond donors (Lipinski definition) is 4. The van der Waals surface area contributed by atoms with Crippen molar-refractivity contribution < 1.29 is 39.4 Å². The van der Waals surface area contributed by atoms with Crippen molar-refractivity contribution in [2.24, 2.45) is 31.8 Å². The van der Waals surface area contributed by atoms with Crippen LogP contribution in [0.1, 0.15) is 40.5 Å². The third-order valence-electron chi connectivity index (χ3n) is 5.79. The predicted octanol–water partition coefficient (Wildman–Crippen LogP) is 0.596. The summed E-state index contributed by atoms with van der Waals surface area (Å²) in [5, 5.41) is 43.8. The zero-order valence-electron chi connectivity index (χ0n) is 20.9. The Balaban J connectivity index is 2.30. The Kier molecular flexibility index (Phi) is 8.13. The van der Waals surface area contributed by atoms with E-state index in [1.807, 2.05) is 0 Å². The first-order valence-corrected chi connectivity index (χ1v) is 10.9. The SMILES string of the molecule is COC1=NC(O)(C(C)C)C(OC)=NC1(O)CC=CC[C@@]1(O)N=C(OC)[C@](O)(C(C)C)N=C1OC. The molecule has 0 saturated heterocycles. The molecule has 0 amide bonds. The third kappa shape index (κ3) is 4.81. The Hall–Kier alpha value is -2.54. The zero-order chi connectivity index (χ0) is 25.9. The lowest BCUT2D eigenvalue weighted by atomic mass is 9.96. The van der Waals surface area contributed by atoms with Gasteiger partial charge in [0, 0.05) is 24.7 Å². The van der Waals surface area contributed by atoms with E-state index < -0.39 is 34.7 Å². The molecule has 34 heavy (non-hydrogen) atoms. The van der Waals surface area contributed by atoms with E-state index in [0.717, 1.165) is 0 Å². The molecule has 0 aromatic rings. The first-order chi connectivity index (χ1) is 15.8. The largest absolute Gasteiger partial charge is 0.481 e. The molecule has 0 aromatic heterocycles. The lowest BCUT2D eigenvalue weighted by Gasteiger charge is -2.37. The molecule has 2 heterocycles. The molecule has 0 spiro atoms. The van der Waals surface area contributed by atoms with Crippen LogP contribution in [0.5, 0.6) is 0 Å². The summed E-state index contributed by atoms with van der Waals surface area (Å²) in [4.78, 5) is 16.6. The van der Waals surface area contributed by atoms with Crippen molar-refractivity contribution >= 4 is 23.6 Å². The maximum absolute atomic E-state index is 11.1. The summed E-state index contributed by atoms with van der Waals surface area (Å²) >= 11 is 0. The molecule has 0 fully saturated rings. The van der Waals surface area contributed by atoms with E-state index in [-0.39, 0.29) is 36.4 Å². The van der Waals surface area contributed by atoms with Crippen LogP contribution in [-0.2, 0) is 18.9 Å². The number of hydrogen-bond acceptors (Lipinski definition) is 12. The van der Waals surface area contributed by atoms with E-state index in [4.69, 9.17) is 18.9 Å². The van der Waals surface area contributed by atoms with Crippen molar-refractivity contribution in [2.75, 3.05) is 28.4 Å². The number of ether oxygens (including phenoxy) is 4. The summed E-state index contributed by atoms with van der Waals surface area (Å²) in [6.07, 6.45) is 2.82. The van der Waals surface area contributed by atoms with E-state index in [9.17, 15) is 20.4 Å². The van der Waals surface area contributed by atoms with Crippen LogP contribution in [0, 0.1) is 11.8 Å². The predicted molar refractivity (Wildman–Crippen MR) is 126 cm³/mol. The van der Waals surface area contributed by atoms with E-state index in [0.29, 0.717) is 0 Å². The minimum atomic E-state index is -1.94. The van der Waals surface area contributed by atoms with Crippen molar-refractivity contribution in [3.05, 3.63) is 12.2 Å². The zero-order valence-corrected chi connectivity index (χ0v) is 20.9. The molecule has 0 aromatic carbocycles. The van der Waals surface area contributed by atoms with Gasteiger partial charge in [0.25, 0.3) is 0 Å². The Morgan fingerprint density at radius 1 is 0.588 bits per heavy atom. The highest BCUT2D eigenvalue weighted by Gasteiger charge is 2.50. The molecule has 12 heteroatoms. The summed E-state index contributed by atoms with van der Waals surface area (Å²) in [6, 6.07) is 0. The van der Waals surface area contributed by atoms with Crippen LogP contribution in [0.3, 0.4) is 0 Å². The molecule has 4 N–H and O–H groups in total. The van der Waals surface area contributed by atoms with Gasteiger partial charge in [-0.2, -0.15) is 0 Å². The summed E-state index contributed by atoms with van der Waals surface area (Å²) < 4.78 is 20.8. The Bertz CT molecular complexity index is 843. The molecule has 2 unspecified atom stereocenters. The van der Waals surface area contributed by atoms with Gasteiger partial charge in [-0.15, -0.1) is 0 Å². The summed E-state index contributed by atoms with van der Waals surface area (Å²) in [5.41, 5.74) is -7.45. The van der Waals surface area contributed by atoms with Crippen LogP contribution < -0.4 is 0 Å². The van der Waals surface area contributed by atoms with Gasteiger partial charge in [0.1, 0.15) is 0 Å². The number of nitrogens with zero attached hydrogens (tertiary/aromatic N) is 4. The molecule has 0 bridgehead atoms. The molecule has 2 rings (SSSR count). The molecular weight excluding hydrogens is 448 g/mol. The molecule has 12 nitrogen and oxygen atoms in total. The number of aliphatic hydroxyl groups is 4. The maximum Gasteiger partial charge on any atom is 0.243 e. The monoisotopic (exact) mass is 484 g/mol. The second kappa shape index (κ2) is 9.98. The van der Waals surface area contributed by atoms with Gasteiger partial charge in [-0.05, 0) is 0 Å². The standard InChI is InChI=1S/C22H36N4O8/c1-13(2)21(29)17(33-7)23-19(27,15(25-21)31-5)11-9-10-12-20(28)16(32-6)26-22(30,14(3)4)18(24-20)34-8/h9-10,13-14,27-30H,11-12H2,1-8H3/t19-,20?,21+,22?/m0/s1. The van der Waals surface area contributed by atoms with Gasteiger partial charge in [-0.25, -0.2) is 20.0 Å². The Morgan fingerprint density at radius 3 is 1.12 bits per heavy atom. The quantitative estimate of drug-likeness (QED) is 0.398. The second-order valence-corrected chi connectivity index (χ2v) is 8.76. The molecule has 2 aliphatic rings. The van der Waals surface area contributed by atoms with Gasteiger partial charge in [-0.1, -0.05) is 39.8 Å². The summed E-state index contributed by atoms with van der Waals surface area (Å²) in [6.45, 7) is 6.91. The number of methoxy groups -OCH3 is 4. The van der Waals surface area contributed by atoms with Crippen LogP contribution in [-0.4, -0.2) is 95.4 Å². The van der Waals surface area contributed by atoms with Gasteiger partial charge in [0.2, 0.25) is 46.5 Å². The highest BCUT2D eigenvalue weighted by atomic mass is 16.5. The molecular formula is C22H36N4O8. The van der Waals surface area contributed by atoms with Gasteiger partial charge in [0.05, 0.1) is 28.4 Å². The summed E-state index contributed by atoms with van der Waals surface area (Å²) in [5.74, 6) is -1.48. The minimum Gasteiger partial charge on any atom is -0.481 e. The first-order valence-electron chi connectivity index (χ1n) is 10.9. The van der Waals surface area contributed by atoms with Crippen molar-refractivity contribution in [1.82, 2.24) is 0 Å². The van der Waals surface area contributed by atoms with Crippen molar-refractivity contribution in [3.63, 3.8) is 0 Å². The van der Waals surface area contributed by atoms with E-state index >= 15 is 0 Å². The lowest BCUT2D eigenvalue weighted by Crippen LogP contribution is -2.53. The average molecular weight is 485 g/mol. The maximum atomic E-state index is 11.1. The molecule has 0 aliphatic carbocycles. The first kappa shape index (κ1) is 27.7. The Labute approximate surface area is 199 Å². The van der Waals surface area contributed by atoms with Crippen molar-refractivity contribution in [2.45, 2.75) is 63.4 Å². The second-order valence-electron chi connectivity index (χ2n) is 8.76. The highest BCUT2D eigenvalue weighted by molar-refractivity contribution is 5.98. The van der Waals surface area contributed by atoms with Gasteiger partial charge >= 0.3 is 0 Å². The molecule has 0 radical (unpaired) electrons. The molecule has 2 aliphatic heterocycles. The van der Waals surface area contributed by atoms with Crippen molar-refractivity contribution in [3.8, 4) is 0 Å². The van der Waals surface area contributed by atoms with Crippen LogP contribution in [0.25, 0.3) is 0 Å². The van der Waals surface area contributed by atoms with Crippen LogP contribution >= 0.6 is 0 Å². The fourth-order valence-electron chi connectivity index (χ4n) is 3.50. The average Bonchev–Trinajstić information content (AvgIpc) is 2.79. The van der Waals surface area contributed by atoms with Crippen LogP contribution in [0.15, 0.2) is 32.1 Å². The fraction of sp³-hybridized carbons (Fsp3) is 0.727. The minimum absolute atomic E-state index is 0.118. The topological polar surface area (TPSA) is 167 Å². The van der Waals surface area contributed by atoms with Gasteiger partial charge in [-0.3, -0.25) is 0 Å². The highest BCUT2D eigenvalue weighted by Crippen LogP contribution is 2.33. The number of rotatable bonds is 6. The lowest BCUT2D eigenvalue weighted by molar-refractivity contribution is 0.0181. The van der Waals surface area contributed by atoms with Crippen LogP contribution in [0.2, 0.25) is 0 Å². The Morgan fingerprint density at radius 2 is 0.882 bits per heavy atom. The normalized spacial score (nSPS) is 33.9. The van der Waals surface area contributed by atoms with Crippen LogP contribution in [0.4, 0.5) is 0 Å². The summed E-state index contributed by atoms with van der Waals surface area (Å²) in [7, 11) is 5.27. The van der Waals surface area contributed by atoms with E-state index in [2.05, 4.69) is 20.0 Å². The van der Waals surface area contributed by atoms with E-state index in [1.54, 1.807) is 27.7 Å². The van der Waals surface area contributed by atoms with Gasteiger partial charge < -0.3 is 39.4 Å².